The van der Waals surface area contributed by atoms with Crippen molar-refractivity contribution in [1.82, 2.24) is 19.9 Å². The van der Waals surface area contributed by atoms with Gasteiger partial charge in [-0.3, -0.25) is 4.98 Å². The van der Waals surface area contributed by atoms with Crippen LogP contribution in [-0.2, 0) is 0 Å². The van der Waals surface area contributed by atoms with Crippen molar-refractivity contribution in [3.05, 3.63) is 97.0 Å². The molecule has 0 amide bonds. The smallest absolute Gasteiger partial charge is 0.163 e. The molecule has 1 N–H and O–H groups in total. The molecular formula is C24H15F2N5. The molecule has 0 bridgehead atoms. The lowest BCUT2D eigenvalue weighted by molar-refractivity contribution is 0.622. The molecule has 7 heteroatoms. The van der Waals surface area contributed by atoms with Gasteiger partial charge in [-0.15, -0.1) is 0 Å². The van der Waals surface area contributed by atoms with E-state index in [0.29, 0.717) is 23.0 Å². The van der Waals surface area contributed by atoms with E-state index in [4.69, 9.17) is 0 Å². The van der Waals surface area contributed by atoms with Crippen LogP contribution in [0.3, 0.4) is 0 Å². The highest BCUT2D eigenvalue weighted by Gasteiger charge is 2.12. The minimum Gasteiger partial charge on any atom is -0.324 e. The van der Waals surface area contributed by atoms with Crippen molar-refractivity contribution >= 4 is 22.5 Å². The van der Waals surface area contributed by atoms with Gasteiger partial charge in [-0.05, 0) is 59.7 Å². The van der Waals surface area contributed by atoms with E-state index in [1.165, 1.54) is 24.3 Å². The summed E-state index contributed by atoms with van der Waals surface area (Å²) >= 11 is 0. The summed E-state index contributed by atoms with van der Waals surface area (Å²) in [7, 11) is 0. The van der Waals surface area contributed by atoms with Crippen LogP contribution < -0.4 is 5.32 Å². The molecule has 0 atom stereocenters. The van der Waals surface area contributed by atoms with E-state index in [1.54, 1.807) is 24.5 Å². The fourth-order valence-corrected chi connectivity index (χ4v) is 3.24. The third-order valence-corrected chi connectivity index (χ3v) is 4.77. The molecule has 150 valence electrons. The first-order valence-corrected chi connectivity index (χ1v) is 9.52. The van der Waals surface area contributed by atoms with Crippen molar-refractivity contribution in [3.8, 4) is 22.5 Å². The first-order chi connectivity index (χ1) is 15.2. The fraction of sp³-hybridized carbons (Fsp3) is 0. The third kappa shape index (κ3) is 3.93. The van der Waals surface area contributed by atoms with Gasteiger partial charge in [-0.2, -0.15) is 0 Å². The van der Waals surface area contributed by atoms with Crippen molar-refractivity contribution in [2.75, 3.05) is 5.32 Å². The monoisotopic (exact) mass is 411 g/mol. The number of halogens is 2. The summed E-state index contributed by atoms with van der Waals surface area (Å²) in [6, 6.07) is 18.6. The predicted octanol–water partition coefficient (Wildman–Crippen LogP) is 5.78. The Balaban J connectivity index is 1.67. The predicted molar refractivity (Wildman–Crippen MR) is 116 cm³/mol. The maximum absolute atomic E-state index is 13.3. The van der Waals surface area contributed by atoms with Gasteiger partial charge in [0.15, 0.2) is 5.82 Å². The third-order valence-electron chi connectivity index (χ3n) is 4.77. The molecule has 3 aromatic heterocycles. The molecule has 5 aromatic rings. The Kier molecular flexibility index (Phi) is 4.76. The van der Waals surface area contributed by atoms with E-state index in [1.807, 2.05) is 30.3 Å². The van der Waals surface area contributed by atoms with Gasteiger partial charge >= 0.3 is 0 Å². The van der Waals surface area contributed by atoms with Crippen LogP contribution in [0.2, 0.25) is 0 Å². The molecule has 2 aromatic carbocycles. The second kappa shape index (κ2) is 7.87. The summed E-state index contributed by atoms with van der Waals surface area (Å²) in [5.74, 6) is 0.754. The van der Waals surface area contributed by atoms with Gasteiger partial charge in [0, 0.05) is 23.3 Å². The zero-order valence-electron chi connectivity index (χ0n) is 16.1. The number of fused-ring (bicyclic) bond motifs is 1. The lowest BCUT2D eigenvalue weighted by atomic mass is 10.0. The summed E-state index contributed by atoms with van der Waals surface area (Å²) in [6.07, 6.45) is 4.51. The first-order valence-electron chi connectivity index (χ1n) is 9.52. The second-order valence-electron chi connectivity index (χ2n) is 6.86. The molecule has 31 heavy (non-hydrogen) atoms. The standard InChI is InChI=1S/C24H15F2N5/c25-18-6-3-15(4-7-18)16-5-9-21-20(12-16)24(30-22-10-8-19(26)14-28-22)31-23(29-21)17-2-1-11-27-13-17/h1-14H,(H,28,29,30,31). The van der Waals surface area contributed by atoms with E-state index < -0.39 is 5.82 Å². The lowest BCUT2D eigenvalue weighted by Gasteiger charge is -2.12. The van der Waals surface area contributed by atoms with Gasteiger partial charge < -0.3 is 5.32 Å². The van der Waals surface area contributed by atoms with E-state index in [-0.39, 0.29) is 5.82 Å². The highest BCUT2D eigenvalue weighted by molar-refractivity contribution is 5.95. The normalized spacial score (nSPS) is 10.9. The van der Waals surface area contributed by atoms with E-state index in [9.17, 15) is 8.78 Å². The molecule has 0 saturated carbocycles. The molecule has 0 aliphatic carbocycles. The Hall–Kier alpha value is -4.26. The van der Waals surface area contributed by atoms with Crippen molar-refractivity contribution in [2.24, 2.45) is 0 Å². The number of anilines is 2. The van der Waals surface area contributed by atoms with Crippen LogP contribution in [0.25, 0.3) is 33.4 Å². The number of nitrogens with one attached hydrogen (secondary N) is 1. The second-order valence-corrected chi connectivity index (χ2v) is 6.86. The number of pyridine rings is 2. The quantitative estimate of drug-likeness (QED) is 0.406. The first kappa shape index (κ1) is 18.7. The van der Waals surface area contributed by atoms with Crippen LogP contribution in [0.5, 0.6) is 0 Å². The molecule has 5 nitrogen and oxygen atoms in total. The Morgan fingerprint density at radius 2 is 1.52 bits per heavy atom. The van der Waals surface area contributed by atoms with E-state index in [2.05, 4.69) is 25.3 Å². The molecule has 0 radical (unpaired) electrons. The molecular weight excluding hydrogens is 396 g/mol. The SMILES string of the molecule is Fc1ccc(-c2ccc3nc(-c4cccnc4)nc(Nc4ccc(F)cn4)c3c2)cc1. The average molecular weight is 411 g/mol. The largest absolute Gasteiger partial charge is 0.324 e. The lowest BCUT2D eigenvalue weighted by Crippen LogP contribution is -2.01. The van der Waals surface area contributed by atoms with Crippen LogP contribution in [-0.4, -0.2) is 19.9 Å². The minimum absolute atomic E-state index is 0.293. The van der Waals surface area contributed by atoms with Crippen molar-refractivity contribution in [1.29, 1.82) is 0 Å². The minimum atomic E-state index is -0.423. The van der Waals surface area contributed by atoms with Crippen LogP contribution >= 0.6 is 0 Å². The number of hydrogen-bond donors (Lipinski definition) is 1. The summed E-state index contributed by atoms with van der Waals surface area (Å²) < 4.78 is 26.6. The average Bonchev–Trinajstić information content (AvgIpc) is 2.81. The number of benzene rings is 2. The molecule has 0 unspecified atom stereocenters. The summed E-state index contributed by atoms with van der Waals surface area (Å²) in [4.78, 5) is 17.6. The van der Waals surface area contributed by atoms with E-state index in [0.717, 1.165) is 28.3 Å². The number of aromatic nitrogens is 4. The molecule has 0 fully saturated rings. The van der Waals surface area contributed by atoms with Crippen LogP contribution in [0.15, 0.2) is 85.3 Å². The molecule has 0 spiro atoms. The van der Waals surface area contributed by atoms with Gasteiger partial charge in [0.2, 0.25) is 0 Å². The highest BCUT2D eigenvalue weighted by atomic mass is 19.1. The van der Waals surface area contributed by atoms with E-state index >= 15 is 0 Å². The Labute approximate surface area is 176 Å². The maximum Gasteiger partial charge on any atom is 0.163 e. The number of nitrogens with zero attached hydrogens (tertiary/aromatic N) is 4. The molecule has 0 saturated heterocycles. The molecule has 0 aliphatic heterocycles. The van der Waals surface area contributed by atoms with Gasteiger partial charge in [0.25, 0.3) is 0 Å². The van der Waals surface area contributed by atoms with Crippen molar-refractivity contribution in [3.63, 3.8) is 0 Å². The van der Waals surface area contributed by atoms with Gasteiger partial charge in [0.1, 0.15) is 23.3 Å². The zero-order chi connectivity index (χ0) is 21.2. The highest BCUT2D eigenvalue weighted by Crippen LogP contribution is 2.31. The van der Waals surface area contributed by atoms with Crippen molar-refractivity contribution < 1.29 is 8.78 Å². The topological polar surface area (TPSA) is 63.6 Å². The van der Waals surface area contributed by atoms with Gasteiger partial charge in [-0.25, -0.2) is 23.7 Å². The van der Waals surface area contributed by atoms with Crippen LogP contribution in [0, 0.1) is 11.6 Å². The summed E-state index contributed by atoms with van der Waals surface area (Å²) in [5, 5.41) is 3.91. The van der Waals surface area contributed by atoms with Crippen LogP contribution in [0.4, 0.5) is 20.4 Å². The summed E-state index contributed by atoms with van der Waals surface area (Å²) in [6.45, 7) is 0. The van der Waals surface area contributed by atoms with Gasteiger partial charge in [0.05, 0.1) is 11.7 Å². The molecule has 3 heterocycles. The van der Waals surface area contributed by atoms with Gasteiger partial charge in [-0.1, -0.05) is 18.2 Å². The fourth-order valence-electron chi connectivity index (χ4n) is 3.24. The van der Waals surface area contributed by atoms with Crippen molar-refractivity contribution in [2.45, 2.75) is 0 Å². The maximum atomic E-state index is 13.3. The Morgan fingerprint density at radius 3 is 2.26 bits per heavy atom. The molecule has 5 rings (SSSR count). The Bertz CT molecular complexity index is 1360. The number of rotatable bonds is 4. The number of hydrogen-bond acceptors (Lipinski definition) is 5. The summed E-state index contributed by atoms with van der Waals surface area (Å²) in [5.41, 5.74) is 3.23. The Morgan fingerprint density at radius 1 is 0.710 bits per heavy atom. The van der Waals surface area contributed by atoms with Crippen LogP contribution in [0.1, 0.15) is 0 Å². The molecule has 0 aliphatic rings. The zero-order valence-corrected chi connectivity index (χ0v) is 16.1.